The van der Waals surface area contributed by atoms with E-state index in [1.807, 2.05) is 24.3 Å². The van der Waals surface area contributed by atoms with Gasteiger partial charge in [0, 0.05) is 18.6 Å². The van der Waals surface area contributed by atoms with Gasteiger partial charge in [-0.05, 0) is 6.07 Å². The van der Waals surface area contributed by atoms with E-state index in [4.69, 9.17) is 9.47 Å². The average molecular weight is 231 g/mol. The maximum atomic E-state index is 11.9. The van der Waals surface area contributed by atoms with E-state index in [1.165, 1.54) is 0 Å². The third-order valence-corrected chi connectivity index (χ3v) is 2.88. The summed E-state index contributed by atoms with van der Waals surface area (Å²) < 4.78 is 12.3. The fourth-order valence-corrected chi connectivity index (χ4v) is 1.84. The standard InChI is InChI=1S/C13H13NO3/c1-14-6-12(17-8-9-7-16-9)10-4-2-3-5-11(10)13(14)15/h2-6,9H,7-8H2,1H3/t9-/m0/s1. The summed E-state index contributed by atoms with van der Waals surface area (Å²) in [6.45, 7) is 1.31. The topological polar surface area (TPSA) is 43.8 Å². The largest absolute Gasteiger partial charge is 0.489 e. The second kappa shape index (κ2) is 3.89. The molecule has 2 aromatic rings. The lowest BCUT2D eigenvalue weighted by molar-refractivity contribution is 0.264. The number of benzene rings is 1. The Balaban J connectivity index is 2.09. The molecule has 17 heavy (non-hydrogen) atoms. The van der Waals surface area contributed by atoms with Crippen LogP contribution < -0.4 is 10.3 Å². The SMILES string of the molecule is Cn1cc(OC[C@@H]2CO2)c2ccccc2c1=O. The molecule has 1 aliphatic heterocycles. The molecule has 3 rings (SSSR count). The van der Waals surface area contributed by atoms with Gasteiger partial charge in [-0.25, -0.2) is 0 Å². The van der Waals surface area contributed by atoms with Crippen molar-refractivity contribution in [1.29, 1.82) is 0 Å². The van der Waals surface area contributed by atoms with Gasteiger partial charge >= 0.3 is 0 Å². The first-order valence-electron chi connectivity index (χ1n) is 5.58. The van der Waals surface area contributed by atoms with Crippen molar-refractivity contribution in [2.24, 2.45) is 7.05 Å². The number of fused-ring (bicyclic) bond motifs is 1. The molecule has 0 amide bonds. The quantitative estimate of drug-likeness (QED) is 0.748. The minimum atomic E-state index is -0.00405. The maximum absolute atomic E-state index is 11.9. The molecule has 1 atom stereocenters. The van der Waals surface area contributed by atoms with Crippen LogP contribution >= 0.6 is 0 Å². The van der Waals surface area contributed by atoms with Crippen molar-refractivity contribution in [3.63, 3.8) is 0 Å². The molecule has 1 aromatic carbocycles. The Hall–Kier alpha value is -1.81. The van der Waals surface area contributed by atoms with Gasteiger partial charge in [0.1, 0.15) is 18.5 Å². The van der Waals surface area contributed by atoms with Gasteiger partial charge in [0.2, 0.25) is 0 Å². The van der Waals surface area contributed by atoms with Crippen molar-refractivity contribution in [3.8, 4) is 5.75 Å². The lowest BCUT2D eigenvalue weighted by Crippen LogP contribution is -2.17. The Labute approximate surface area is 98.4 Å². The Morgan fingerprint density at radius 3 is 2.82 bits per heavy atom. The fraction of sp³-hybridized carbons (Fsp3) is 0.308. The molecule has 0 N–H and O–H groups in total. The molecule has 1 aromatic heterocycles. The fourth-order valence-electron chi connectivity index (χ4n) is 1.84. The Morgan fingerprint density at radius 2 is 2.12 bits per heavy atom. The summed E-state index contributed by atoms with van der Waals surface area (Å²) in [5.41, 5.74) is -0.00405. The minimum absolute atomic E-state index is 0.00405. The second-order valence-electron chi connectivity index (χ2n) is 4.22. The van der Waals surface area contributed by atoms with Gasteiger partial charge < -0.3 is 14.0 Å². The summed E-state index contributed by atoms with van der Waals surface area (Å²) in [5, 5.41) is 1.54. The molecule has 88 valence electrons. The smallest absolute Gasteiger partial charge is 0.258 e. The number of hydrogen-bond donors (Lipinski definition) is 0. The third-order valence-electron chi connectivity index (χ3n) is 2.88. The van der Waals surface area contributed by atoms with E-state index in [0.29, 0.717) is 12.0 Å². The van der Waals surface area contributed by atoms with Crippen LogP contribution in [0.4, 0.5) is 0 Å². The van der Waals surface area contributed by atoms with Crippen molar-refractivity contribution in [2.45, 2.75) is 6.10 Å². The molecular formula is C13H13NO3. The number of aryl methyl sites for hydroxylation is 1. The zero-order valence-corrected chi connectivity index (χ0v) is 9.55. The van der Waals surface area contributed by atoms with Gasteiger partial charge in [0.25, 0.3) is 5.56 Å². The molecule has 0 aliphatic carbocycles. The average Bonchev–Trinajstić information content (AvgIpc) is 3.16. The highest BCUT2D eigenvalue weighted by Crippen LogP contribution is 2.23. The number of aromatic nitrogens is 1. The number of nitrogens with zero attached hydrogens (tertiary/aromatic N) is 1. The van der Waals surface area contributed by atoms with E-state index in [2.05, 4.69) is 0 Å². The lowest BCUT2D eigenvalue weighted by Gasteiger charge is -2.09. The van der Waals surface area contributed by atoms with Crippen LogP contribution in [0.2, 0.25) is 0 Å². The van der Waals surface area contributed by atoms with Crippen LogP contribution in [0.15, 0.2) is 35.3 Å². The highest BCUT2D eigenvalue weighted by molar-refractivity contribution is 5.87. The van der Waals surface area contributed by atoms with E-state index in [0.717, 1.165) is 17.7 Å². The molecular weight excluding hydrogens is 218 g/mol. The van der Waals surface area contributed by atoms with Crippen LogP contribution in [0.5, 0.6) is 5.75 Å². The lowest BCUT2D eigenvalue weighted by atomic mass is 10.1. The first kappa shape index (κ1) is 10.4. The molecule has 1 saturated heterocycles. The van der Waals surface area contributed by atoms with Crippen molar-refractivity contribution in [1.82, 2.24) is 4.57 Å². The molecule has 0 saturated carbocycles. The second-order valence-corrected chi connectivity index (χ2v) is 4.22. The predicted molar refractivity (Wildman–Crippen MR) is 64.4 cm³/mol. The van der Waals surface area contributed by atoms with Crippen molar-refractivity contribution < 1.29 is 9.47 Å². The molecule has 0 bridgehead atoms. The van der Waals surface area contributed by atoms with Crippen LogP contribution in [0.3, 0.4) is 0 Å². The number of ether oxygens (including phenoxy) is 2. The Kier molecular flexibility index (Phi) is 2.37. The van der Waals surface area contributed by atoms with Crippen molar-refractivity contribution in [2.75, 3.05) is 13.2 Å². The summed E-state index contributed by atoms with van der Waals surface area (Å²) >= 11 is 0. The van der Waals surface area contributed by atoms with E-state index >= 15 is 0 Å². The van der Waals surface area contributed by atoms with Crippen molar-refractivity contribution >= 4 is 10.8 Å². The molecule has 0 unspecified atom stereocenters. The molecule has 0 spiro atoms. The summed E-state index contributed by atoms with van der Waals surface area (Å²) in [5.74, 6) is 0.734. The molecule has 1 fully saturated rings. The third kappa shape index (κ3) is 1.91. The summed E-state index contributed by atoms with van der Waals surface area (Å²) in [4.78, 5) is 11.9. The van der Waals surface area contributed by atoms with Crippen molar-refractivity contribution in [3.05, 3.63) is 40.8 Å². The van der Waals surface area contributed by atoms with E-state index < -0.39 is 0 Å². The van der Waals surface area contributed by atoms with Gasteiger partial charge in [-0.1, -0.05) is 18.2 Å². The Bertz CT molecular complexity index is 614. The van der Waals surface area contributed by atoms with Crippen LogP contribution in [0.1, 0.15) is 0 Å². The predicted octanol–water partition coefficient (Wildman–Crippen LogP) is 1.32. The van der Waals surface area contributed by atoms with Crippen LogP contribution in [0, 0.1) is 0 Å². The number of epoxide rings is 1. The maximum Gasteiger partial charge on any atom is 0.258 e. The number of rotatable bonds is 3. The molecule has 0 radical (unpaired) electrons. The first-order chi connectivity index (χ1) is 8.25. The van der Waals surface area contributed by atoms with Gasteiger partial charge in [0.15, 0.2) is 0 Å². The summed E-state index contributed by atoms with van der Waals surface area (Å²) in [7, 11) is 1.73. The van der Waals surface area contributed by atoms with E-state index in [1.54, 1.807) is 17.8 Å². The van der Waals surface area contributed by atoms with Gasteiger partial charge in [-0.2, -0.15) is 0 Å². The minimum Gasteiger partial charge on any atom is -0.489 e. The zero-order chi connectivity index (χ0) is 11.8. The van der Waals surface area contributed by atoms with Gasteiger partial charge in [-0.3, -0.25) is 4.79 Å². The Morgan fingerprint density at radius 1 is 1.41 bits per heavy atom. The van der Waals surface area contributed by atoms with E-state index in [-0.39, 0.29) is 11.7 Å². The highest BCUT2D eigenvalue weighted by atomic mass is 16.6. The van der Waals surface area contributed by atoms with Gasteiger partial charge in [-0.15, -0.1) is 0 Å². The monoisotopic (exact) mass is 231 g/mol. The zero-order valence-electron chi connectivity index (χ0n) is 9.55. The molecule has 1 aliphatic rings. The summed E-state index contributed by atoms with van der Waals surface area (Å²) in [6.07, 6.45) is 1.94. The molecule has 4 heteroatoms. The molecule has 2 heterocycles. The van der Waals surface area contributed by atoms with Crippen LogP contribution in [0.25, 0.3) is 10.8 Å². The van der Waals surface area contributed by atoms with Crippen LogP contribution in [-0.2, 0) is 11.8 Å². The first-order valence-corrected chi connectivity index (χ1v) is 5.58. The van der Waals surface area contributed by atoms with Crippen LogP contribution in [-0.4, -0.2) is 23.9 Å². The van der Waals surface area contributed by atoms with E-state index in [9.17, 15) is 4.79 Å². The highest BCUT2D eigenvalue weighted by Gasteiger charge is 2.23. The normalized spacial score (nSPS) is 18.3. The van der Waals surface area contributed by atoms with Gasteiger partial charge in [0.05, 0.1) is 12.0 Å². The number of pyridine rings is 1. The number of hydrogen-bond acceptors (Lipinski definition) is 3. The molecule has 4 nitrogen and oxygen atoms in total. The summed E-state index contributed by atoms with van der Waals surface area (Å²) in [6, 6.07) is 7.48.